The molecule has 1 N–H and O–H groups in total. The van der Waals surface area contributed by atoms with Crippen molar-refractivity contribution in [3.05, 3.63) is 81.5 Å². The molecule has 39 heavy (non-hydrogen) atoms. The van der Waals surface area contributed by atoms with E-state index in [1.165, 1.54) is 5.56 Å². The van der Waals surface area contributed by atoms with Gasteiger partial charge in [-0.05, 0) is 43.0 Å². The van der Waals surface area contributed by atoms with Crippen LogP contribution in [-0.2, 0) is 9.53 Å². The number of ether oxygens (including phenoxy) is 1. The highest BCUT2D eigenvalue weighted by Gasteiger charge is 2.38. The summed E-state index contributed by atoms with van der Waals surface area (Å²) in [5, 5.41) is 3.47. The molecule has 0 saturated carbocycles. The summed E-state index contributed by atoms with van der Waals surface area (Å²) in [4.78, 5) is 45.2. The van der Waals surface area contributed by atoms with Gasteiger partial charge in [-0.15, -0.1) is 0 Å². The molecule has 2 aromatic carbocycles. The molecule has 9 heteroatoms. The van der Waals surface area contributed by atoms with Gasteiger partial charge < -0.3 is 15.0 Å². The molecule has 0 aliphatic carbocycles. The molecule has 208 valence electrons. The molecule has 2 aliphatic heterocycles. The van der Waals surface area contributed by atoms with E-state index in [2.05, 4.69) is 24.1 Å². The van der Waals surface area contributed by atoms with Crippen molar-refractivity contribution < 1.29 is 19.1 Å². The predicted octanol–water partition coefficient (Wildman–Crippen LogP) is 4.82. The minimum Gasteiger partial charge on any atom is -0.463 e. The van der Waals surface area contributed by atoms with Gasteiger partial charge in [0.2, 0.25) is 0 Å². The number of urea groups is 1. The van der Waals surface area contributed by atoms with Gasteiger partial charge in [0.15, 0.2) is 0 Å². The van der Waals surface area contributed by atoms with Crippen LogP contribution in [0.2, 0.25) is 5.02 Å². The molecule has 2 aromatic rings. The Morgan fingerprint density at radius 2 is 1.69 bits per heavy atom. The quantitative estimate of drug-likeness (QED) is 0.475. The van der Waals surface area contributed by atoms with Gasteiger partial charge in [-0.2, -0.15) is 0 Å². The van der Waals surface area contributed by atoms with E-state index in [0.29, 0.717) is 67.0 Å². The van der Waals surface area contributed by atoms with Crippen molar-refractivity contribution in [2.75, 3.05) is 45.9 Å². The molecular weight excluding hydrogens is 516 g/mol. The Kier molecular flexibility index (Phi) is 9.30. The summed E-state index contributed by atoms with van der Waals surface area (Å²) in [7, 11) is 0. The molecule has 8 nitrogen and oxygen atoms in total. The summed E-state index contributed by atoms with van der Waals surface area (Å²) >= 11 is 6.25. The maximum absolute atomic E-state index is 13.4. The molecule has 0 bridgehead atoms. The van der Waals surface area contributed by atoms with Crippen molar-refractivity contribution in [2.45, 2.75) is 39.7 Å². The summed E-state index contributed by atoms with van der Waals surface area (Å²) in [5.74, 6) is -0.157. The molecule has 2 aliphatic rings. The Morgan fingerprint density at radius 3 is 2.28 bits per heavy atom. The Labute approximate surface area is 235 Å². The van der Waals surface area contributed by atoms with E-state index in [4.69, 9.17) is 16.3 Å². The zero-order valence-electron chi connectivity index (χ0n) is 23.1. The zero-order chi connectivity index (χ0) is 28.1. The summed E-state index contributed by atoms with van der Waals surface area (Å²) in [6.07, 6.45) is 0. The number of hydrogen-bond acceptors (Lipinski definition) is 5. The number of esters is 1. The van der Waals surface area contributed by atoms with Crippen LogP contribution in [0.15, 0.2) is 59.8 Å². The van der Waals surface area contributed by atoms with Crippen molar-refractivity contribution >= 4 is 29.5 Å². The fraction of sp³-hybridized carbons (Fsp3) is 0.433. The number of nitrogens with one attached hydrogen (secondary N) is 1. The number of carbonyl (C=O) groups is 3. The molecule has 3 amide bonds. The highest BCUT2D eigenvalue weighted by atomic mass is 35.5. The second kappa shape index (κ2) is 12.7. The van der Waals surface area contributed by atoms with Gasteiger partial charge in [-0.25, -0.2) is 9.59 Å². The van der Waals surface area contributed by atoms with Crippen LogP contribution in [0.3, 0.4) is 0 Å². The molecule has 0 radical (unpaired) electrons. The Morgan fingerprint density at radius 1 is 1.03 bits per heavy atom. The van der Waals surface area contributed by atoms with Gasteiger partial charge in [0.25, 0.3) is 5.91 Å². The first-order chi connectivity index (χ1) is 18.7. The van der Waals surface area contributed by atoms with E-state index in [-0.39, 0.29) is 18.5 Å². The third-order valence-electron chi connectivity index (χ3n) is 7.32. The molecule has 4 rings (SSSR count). The number of likely N-dealkylation sites (N-methyl/N-ethyl adjacent to an activating group) is 1. The maximum atomic E-state index is 13.4. The first-order valence-electron chi connectivity index (χ1n) is 13.6. The number of nitrogens with zero attached hydrogens (tertiary/aromatic N) is 3. The van der Waals surface area contributed by atoms with Crippen molar-refractivity contribution in [1.82, 2.24) is 20.0 Å². The molecule has 2 heterocycles. The van der Waals surface area contributed by atoms with Gasteiger partial charge in [-0.3, -0.25) is 14.6 Å². The Bertz CT molecular complexity index is 1240. The van der Waals surface area contributed by atoms with Crippen molar-refractivity contribution in [3.8, 4) is 0 Å². The van der Waals surface area contributed by atoms with Crippen LogP contribution in [0, 0.1) is 0 Å². The first-order valence-corrected chi connectivity index (χ1v) is 14.0. The lowest BCUT2D eigenvalue weighted by atomic mass is 9.92. The fourth-order valence-corrected chi connectivity index (χ4v) is 5.32. The summed E-state index contributed by atoms with van der Waals surface area (Å²) in [5.41, 5.74) is 3.60. The monoisotopic (exact) mass is 552 g/mol. The van der Waals surface area contributed by atoms with E-state index in [0.717, 1.165) is 5.56 Å². The lowest BCUT2D eigenvalue weighted by Crippen LogP contribution is -2.53. The topological polar surface area (TPSA) is 82.2 Å². The van der Waals surface area contributed by atoms with E-state index < -0.39 is 12.0 Å². The van der Waals surface area contributed by atoms with Gasteiger partial charge in [0.05, 0.1) is 28.8 Å². The second-order valence-corrected chi connectivity index (χ2v) is 10.5. The molecule has 1 saturated heterocycles. The van der Waals surface area contributed by atoms with Gasteiger partial charge in [0.1, 0.15) is 0 Å². The lowest BCUT2D eigenvalue weighted by Gasteiger charge is -2.40. The molecule has 1 unspecified atom stereocenters. The van der Waals surface area contributed by atoms with E-state index >= 15 is 0 Å². The molecular formula is C30H37ClN4O4. The maximum Gasteiger partial charge on any atom is 0.338 e. The molecule has 1 fully saturated rings. The van der Waals surface area contributed by atoms with Gasteiger partial charge in [-0.1, -0.05) is 61.8 Å². The summed E-state index contributed by atoms with van der Waals surface area (Å²) in [6.45, 7) is 11.2. The second-order valence-electron chi connectivity index (χ2n) is 10.1. The van der Waals surface area contributed by atoms with Crippen LogP contribution in [0.4, 0.5) is 4.79 Å². The number of carbonyl (C=O) groups excluding carboxylic acids is 3. The van der Waals surface area contributed by atoms with Crippen molar-refractivity contribution in [2.24, 2.45) is 0 Å². The van der Waals surface area contributed by atoms with E-state index in [1.54, 1.807) is 41.0 Å². The third kappa shape index (κ3) is 6.28. The van der Waals surface area contributed by atoms with Crippen LogP contribution in [-0.4, -0.2) is 78.5 Å². The minimum absolute atomic E-state index is 0.0937. The zero-order valence-corrected chi connectivity index (χ0v) is 23.8. The number of rotatable bonds is 8. The van der Waals surface area contributed by atoms with Crippen molar-refractivity contribution in [1.29, 1.82) is 0 Å². The number of hydrogen-bond donors (Lipinski definition) is 1. The van der Waals surface area contributed by atoms with Crippen LogP contribution in [0.25, 0.3) is 0 Å². The SMILES string of the molecule is CCOC(=O)C1=C(CN2CCN(C(=O)c3ccccc3Cl)CC2)N(CC)C(=O)NC1c1ccc(C(C)C)cc1. The first kappa shape index (κ1) is 28.6. The highest BCUT2D eigenvalue weighted by molar-refractivity contribution is 6.33. The van der Waals surface area contributed by atoms with Crippen LogP contribution in [0.1, 0.15) is 61.1 Å². The smallest absolute Gasteiger partial charge is 0.338 e. The lowest BCUT2D eigenvalue weighted by molar-refractivity contribution is -0.139. The summed E-state index contributed by atoms with van der Waals surface area (Å²) < 4.78 is 5.49. The largest absolute Gasteiger partial charge is 0.463 e. The number of benzene rings is 2. The average molecular weight is 553 g/mol. The number of halogens is 1. The fourth-order valence-electron chi connectivity index (χ4n) is 5.11. The van der Waals surface area contributed by atoms with Gasteiger partial charge in [0, 0.05) is 45.0 Å². The minimum atomic E-state index is -0.612. The van der Waals surface area contributed by atoms with Crippen molar-refractivity contribution in [3.63, 3.8) is 0 Å². The average Bonchev–Trinajstić information content (AvgIpc) is 2.93. The van der Waals surface area contributed by atoms with Gasteiger partial charge >= 0.3 is 12.0 Å². The number of amides is 3. The van der Waals surface area contributed by atoms with Crippen LogP contribution in [0.5, 0.6) is 0 Å². The van der Waals surface area contributed by atoms with E-state index in [1.807, 2.05) is 31.2 Å². The standard InChI is InChI=1S/C30H37ClN4O4/c1-5-35-25(19-33-15-17-34(18-16-33)28(36)23-9-7-8-10-24(23)31)26(29(37)39-6-2)27(32-30(35)38)22-13-11-21(12-14-22)20(3)4/h7-14,20,27H,5-6,15-19H2,1-4H3,(H,32,38). The normalized spacial score (nSPS) is 18.4. The van der Waals surface area contributed by atoms with Crippen LogP contribution >= 0.6 is 11.6 Å². The molecule has 0 aromatic heterocycles. The Balaban J connectivity index is 1.60. The highest BCUT2D eigenvalue weighted by Crippen LogP contribution is 2.33. The molecule has 1 atom stereocenters. The van der Waals surface area contributed by atoms with E-state index in [9.17, 15) is 14.4 Å². The third-order valence-corrected chi connectivity index (χ3v) is 7.65. The van der Waals surface area contributed by atoms with Crippen LogP contribution < -0.4 is 5.32 Å². The Hall–Kier alpha value is -3.36. The summed E-state index contributed by atoms with van der Waals surface area (Å²) in [6, 6.07) is 14.2. The number of piperazine rings is 1. The molecule has 0 spiro atoms. The predicted molar refractivity (Wildman–Crippen MR) is 152 cm³/mol.